The average Bonchev–Trinajstić information content (AvgIpc) is 2.34. The number of ether oxygens (including phenoxy) is 1. The summed E-state index contributed by atoms with van der Waals surface area (Å²) in [5, 5.41) is 0. The van der Waals surface area contributed by atoms with Crippen molar-refractivity contribution in [1.29, 1.82) is 0 Å². The molecule has 3 heteroatoms. The van der Waals surface area contributed by atoms with Crippen LogP contribution in [0.15, 0.2) is 30.3 Å². The molecule has 0 radical (unpaired) electrons. The maximum absolute atomic E-state index is 15.0. The minimum atomic E-state index is -1.45. The quantitative estimate of drug-likeness (QED) is 0.730. The molecule has 1 saturated heterocycles. The van der Waals surface area contributed by atoms with E-state index in [4.69, 9.17) is 4.74 Å². The van der Waals surface area contributed by atoms with Gasteiger partial charge in [0.1, 0.15) is 0 Å². The van der Waals surface area contributed by atoms with Gasteiger partial charge in [-0.25, -0.2) is 4.39 Å². The number of rotatable bonds is 3. The van der Waals surface area contributed by atoms with Crippen molar-refractivity contribution < 1.29 is 9.13 Å². The molecule has 88 valence electrons. The van der Waals surface area contributed by atoms with E-state index in [9.17, 15) is 4.39 Å². The highest BCUT2D eigenvalue weighted by atomic mass is 19.1. The molecule has 0 N–H and O–H groups in total. The Kier molecular flexibility index (Phi) is 3.56. The summed E-state index contributed by atoms with van der Waals surface area (Å²) in [5.74, 6) is -1.45. The van der Waals surface area contributed by atoms with E-state index >= 15 is 0 Å². The van der Waals surface area contributed by atoms with Gasteiger partial charge in [0.25, 0.3) is 0 Å². The summed E-state index contributed by atoms with van der Waals surface area (Å²) < 4.78 is 20.3. The van der Waals surface area contributed by atoms with Gasteiger partial charge in [-0.15, -0.1) is 0 Å². The van der Waals surface area contributed by atoms with Gasteiger partial charge in [0, 0.05) is 18.7 Å². The first-order valence-corrected chi connectivity index (χ1v) is 5.84. The Labute approximate surface area is 96.0 Å². The molecular weight excluding hydrogens is 205 g/mol. The minimum Gasteiger partial charge on any atom is -0.375 e. The molecular formula is C13H18FNO. The van der Waals surface area contributed by atoms with Gasteiger partial charge >= 0.3 is 0 Å². The summed E-state index contributed by atoms with van der Waals surface area (Å²) in [6.45, 7) is 4.27. The molecule has 0 saturated carbocycles. The molecule has 0 amide bonds. The second-order valence-electron chi connectivity index (χ2n) is 4.16. The van der Waals surface area contributed by atoms with Crippen molar-refractivity contribution in [3.8, 4) is 0 Å². The Morgan fingerprint density at radius 3 is 2.81 bits per heavy atom. The molecule has 1 fully saturated rings. The molecule has 1 aromatic rings. The maximum Gasteiger partial charge on any atom is 0.213 e. The number of halogens is 1. The zero-order valence-electron chi connectivity index (χ0n) is 9.66. The summed E-state index contributed by atoms with van der Waals surface area (Å²) in [5.41, 5.74) is 0.697. The van der Waals surface area contributed by atoms with Crippen LogP contribution in [0.2, 0.25) is 0 Å². The van der Waals surface area contributed by atoms with Crippen LogP contribution in [0, 0.1) is 0 Å². The normalized spacial score (nSPS) is 26.9. The lowest BCUT2D eigenvalue weighted by Gasteiger charge is -2.41. The lowest BCUT2D eigenvalue weighted by molar-refractivity contribution is -0.147. The second-order valence-corrected chi connectivity index (χ2v) is 4.16. The summed E-state index contributed by atoms with van der Waals surface area (Å²) in [6.07, 6.45) is 0.957. The fraction of sp³-hybridized carbons (Fsp3) is 0.538. The predicted molar refractivity (Wildman–Crippen MR) is 61.9 cm³/mol. The smallest absolute Gasteiger partial charge is 0.213 e. The van der Waals surface area contributed by atoms with Crippen molar-refractivity contribution in [2.75, 3.05) is 26.3 Å². The fourth-order valence-electron chi connectivity index (χ4n) is 2.17. The molecule has 2 rings (SSSR count). The van der Waals surface area contributed by atoms with E-state index in [0.717, 1.165) is 13.0 Å². The van der Waals surface area contributed by atoms with Crippen molar-refractivity contribution in [2.24, 2.45) is 0 Å². The van der Waals surface area contributed by atoms with Crippen LogP contribution in [0.25, 0.3) is 0 Å². The van der Waals surface area contributed by atoms with Gasteiger partial charge in [-0.1, -0.05) is 37.3 Å². The fourth-order valence-corrected chi connectivity index (χ4v) is 2.17. The highest BCUT2D eigenvalue weighted by molar-refractivity contribution is 5.22. The van der Waals surface area contributed by atoms with Crippen LogP contribution >= 0.6 is 0 Å². The van der Waals surface area contributed by atoms with Crippen LogP contribution < -0.4 is 0 Å². The van der Waals surface area contributed by atoms with E-state index in [1.807, 2.05) is 35.2 Å². The first-order valence-electron chi connectivity index (χ1n) is 5.84. The molecule has 1 aliphatic heterocycles. The van der Waals surface area contributed by atoms with Gasteiger partial charge in [0.15, 0.2) is 0 Å². The molecule has 1 heterocycles. The predicted octanol–water partition coefficient (Wildman–Crippen LogP) is 2.55. The summed E-state index contributed by atoms with van der Waals surface area (Å²) in [7, 11) is 0. The van der Waals surface area contributed by atoms with Crippen molar-refractivity contribution in [3.63, 3.8) is 0 Å². The van der Waals surface area contributed by atoms with E-state index in [1.165, 1.54) is 0 Å². The first kappa shape index (κ1) is 11.6. The maximum atomic E-state index is 15.0. The zero-order valence-corrected chi connectivity index (χ0v) is 9.66. The highest BCUT2D eigenvalue weighted by Gasteiger charge is 2.40. The number of hydrogen-bond donors (Lipinski definition) is 0. The number of alkyl halides is 1. The third-order valence-electron chi connectivity index (χ3n) is 3.01. The summed E-state index contributed by atoms with van der Waals surface area (Å²) in [6, 6.07) is 9.31. The molecule has 0 bridgehead atoms. The van der Waals surface area contributed by atoms with Gasteiger partial charge in [0.2, 0.25) is 5.79 Å². The molecule has 2 nitrogen and oxygen atoms in total. The molecule has 0 aromatic heterocycles. The van der Waals surface area contributed by atoms with Gasteiger partial charge in [-0.3, -0.25) is 4.90 Å². The van der Waals surface area contributed by atoms with Gasteiger partial charge in [0.05, 0.1) is 13.2 Å². The number of nitrogens with zero attached hydrogens (tertiary/aromatic N) is 1. The molecule has 1 unspecified atom stereocenters. The number of hydrogen-bond acceptors (Lipinski definition) is 2. The Morgan fingerprint density at radius 2 is 2.12 bits per heavy atom. The Morgan fingerprint density at radius 1 is 1.38 bits per heavy atom. The number of benzene rings is 1. The second kappa shape index (κ2) is 4.93. The van der Waals surface area contributed by atoms with Gasteiger partial charge < -0.3 is 4.74 Å². The molecule has 1 atom stereocenters. The largest absolute Gasteiger partial charge is 0.375 e. The van der Waals surface area contributed by atoms with Gasteiger partial charge in [-0.05, 0) is 6.42 Å². The van der Waals surface area contributed by atoms with E-state index in [-0.39, 0.29) is 6.61 Å². The van der Waals surface area contributed by atoms with Crippen molar-refractivity contribution in [2.45, 2.75) is 19.1 Å². The van der Waals surface area contributed by atoms with Crippen LogP contribution in [0.5, 0.6) is 0 Å². The molecule has 0 aliphatic carbocycles. The lowest BCUT2D eigenvalue weighted by atomic mass is 10.0. The van der Waals surface area contributed by atoms with E-state index < -0.39 is 5.79 Å². The average molecular weight is 223 g/mol. The minimum absolute atomic E-state index is 0.136. The molecule has 1 aliphatic rings. The van der Waals surface area contributed by atoms with E-state index in [2.05, 4.69) is 6.92 Å². The van der Waals surface area contributed by atoms with E-state index in [1.54, 1.807) is 0 Å². The molecule has 16 heavy (non-hydrogen) atoms. The third-order valence-corrected chi connectivity index (χ3v) is 3.01. The van der Waals surface area contributed by atoms with Crippen LogP contribution in [-0.4, -0.2) is 31.2 Å². The SMILES string of the molecule is CCCN1CCOCC1(F)c1ccccc1. The van der Waals surface area contributed by atoms with E-state index in [0.29, 0.717) is 18.7 Å². The highest BCUT2D eigenvalue weighted by Crippen LogP contribution is 2.33. The monoisotopic (exact) mass is 223 g/mol. The topological polar surface area (TPSA) is 12.5 Å². The van der Waals surface area contributed by atoms with Gasteiger partial charge in [-0.2, -0.15) is 0 Å². The Bertz CT molecular complexity index is 328. The van der Waals surface area contributed by atoms with Crippen molar-refractivity contribution in [1.82, 2.24) is 4.90 Å². The number of morpholine rings is 1. The lowest BCUT2D eigenvalue weighted by Crippen LogP contribution is -2.51. The first-order chi connectivity index (χ1) is 7.77. The van der Waals surface area contributed by atoms with Crippen LogP contribution in [0.1, 0.15) is 18.9 Å². The summed E-state index contributed by atoms with van der Waals surface area (Å²) in [4.78, 5) is 1.88. The Balaban J connectivity index is 2.26. The standard InChI is InChI=1S/C13H18FNO/c1-2-8-15-9-10-16-11-13(15,14)12-6-4-3-5-7-12/h3-7H,2,8-11H2,1H3. The third kappa shape index (κ3) is 2.11. The van der Waals surface area contributed by atoms with Crippen LogP contribution in [0.3, 0.4) is 0 Å². The van der Waals surface area contributed by atoms with Crippen molar-refractivity contribution >= 4 is 0 Å². The molecule has 0 spiro atoms. The Hall–Kier alpha value is -0.930. The van der Waals surface area contributed by atoms with Crippen LogP contribution in [0.4, 0.5) is 4.39 Å². The van der Waals surface area contributed by atoms with Crippen LogP contribution in [-0.2, 0) is 10.5 Å². The summed E-state index contributed by atoms with van der Waals surface area (Å²) >= 11 is 0. The zero-order chi connectivity index (χ0) is 11.4. The molecule has 1 aromatic carbocycles. The van der Waals surface area contributed by atoms with Crippen molar-refractivity contribution in [3.05, 3.63) is 35.9 Å².